The van der Waals surface area contributed by atoms with Crippen molar-refractivity contribution in [3.05, 3.63) is 0 Å². The highest BCUT2D eigenvalue weighted by Crippen LogP contribution is 2.38. The molecular weight excluding hydrogens is 504 g/mol. The fraction of sp³-hybridized carbons (Fsp3) is 0.792. The molecule has 0 aromatic carbocycles. The molecule has 1 saturated heterocycles. The first kappa shape index (κ1) is 33.2. The van der Waals surface area contributed by atoms with Gasteiger partial charge in [-0.1, -0.05) is 0 Å². The maximum Gasteiger partial charge on any atom is 0.320 e. The van der Waals surface area contributed by atoms with Gasteiger partial charge in [-0.25, -0.2) is 0 Å². The lowest BCUT2D eigenvalue weighted by Gasteiger charge is -2.53. The van der Waals surface area contributed by atoms with Crippen LogP contribution in [-0.2, 0) is 28.7 Å². The zero-order chi connectivity index (χ0) is 29.3. The topological polar surface area (TPSA) is 188 Å². The average molecular weight is 547 g/mol. The molecule has 0 aliphatic carbocycles. The van der Waals surface area contributed by atoms with E-state index in [-0.39, 0.29) is 49.9 Å². The monoisotopic (exact) mass is 546 g/mol. The Morgan fingerprint density at radius 1 is 0.658 bits per heavy atom. The Kier molecular flexibility index (Phi) is 12.6. The molecule has 14 heteroatoms. The van der Waals surface area contributed by atoms with Crippen LogP contribution >= 0.6 is 0 Å². The first-order valence-corrected chi connectivity index (χ1v) is 12.4. The molecule has 14 nitrogen and oxygen atoms in total. The van der Waals surface area contributed by atoms with Gasteiger partial charge in [0.2, 0.25) is 0 Å². The molecule has 0 radical (unpaired) electrons. The van der Waals surface area contributed by atoms with Crippen molar-refractivity contribution >= 4 is 29.8 Å². The maximum atomic E-state index is 12.8. The van der Waals surface area contributed by atoms with E-state index in [9.17, 15) is 34.2 Å². The number of carboxylic acids is 4. The van der Waals surface area contributed by atoms with Gasteiger partial charge >= 0.3 is 29.8 Å². The highest BCUT2D eigenvalue weighted by Gasteiger charge is 2.44. The van der Waals surface area contributed by atoms with Crippen LogP contribution in [0.15, 0.2) is 0 Å². The van der Waals surface area contributed by atoms with Crippen LogP contribution in [-0.4, -0.2) is 153 Å². The van der Waals surface area contributed by atoms with Crippen molar-refractivity contribution in [2.45, 2.75) is 57.7 Å². The van der Waals surface area contributed by atoms with Crippen molar-refractivity contribution in [2.24, 2.45) is 0 Å². The van der Waals surface area contributed by atoms with Gasteiger partial charge in [0.1, 0.15) is 6.10 Å². The lowest BCUT2D eigenvalue weighted by atomic mass is 9.79. The molecule has 0 atom stereocenters. The van der Waals surface area contributed by atoms with Gasteiger partial charge < -0.3 is 25.2 Å². The van der Waals surface area contributed by atoms with Gasteiger partial charge in [0.25, 0.3) is 0 Å². The lowest BCUT2D eigenvalue weighted by Crippen LogP contribution is -2.60. The SMILES string of the molecule is CN1C(C)(C)CC(OC(=O)CN(CCN(CCN(CC(=O)O)CC(=O)O)CC(=O)O)CC(=O)O)CC1(C)C. The lowest BCUT2D eigenvalue weighted by molar-refractivity contribution is -0.160. The number of nitrogens with zero attached hydrogens (tertiary/aromatic N) is 4. The Morgan fingerprint density at radius 3 is 1.34 bits per heavy atom. The molecule has 1 rings (SSSR count). The van der Waals surface area contributed by atoms with E-state index in [1.807, 2.05) is 7.05 Å². The predicted octanol–water partition coefficient (Wildman–Crippen LogP) is -0.575. The van der Waals surface area contributed by atoms with Crippen LogP contribution in [0.25, 0.3) is 0 Å². The number of ether oxygens (including phenoxy) is 1. The molecule has 0 unspecified atom stereocenters. The molecular formula is C24H42N4O10. The number of piperidine rings is 1. The van der Waals surface area contributed by atoms with Gasteiger partial charge in [-0.15, -0.1) is 0 Å². The van der Waals surface area contributed by atoms with Gasteiger partial charge in [-0.2, -0.15) is 0 Å². The summed E-state index contributed by atoms with van der Waals surface area (Å²) >= 11 is 0. The molecule has 218 valence electrons. The van der Waals surface area contributed by atoms with Crippen molar-refractivity contribution in [1.29, 1.82) is 0 Å². The van der Waals surface area contributed by atoms with E-state index in [0.717, 1.165) is 4.90 Å². The summed E-state index contributed by atoms with van der Waals surface area (Å²) in [6, 6.07) is 0. The van der Waals surface area contributed by atoms with Crippen LogP contribution in [0.4, 0.5) is 0 Å². The summed E-state index contributed by atoms with van der Waals surface area (Å²) in [6.45, 7) is 6.07. The molecule has 1 fully saturated rings. The zero-order valence-electron chi connectivity index (χ0n) is 22.9. The number of rotatable bonds is 17. The molecule has 0 aromatic rings. The van der Waals surface area contributed by atoms with Crippen molar-refractivity contribution in [1.82, 2.24) is 19.6 Å². The second kappa shape index (κ2) is 14.4. The first-order chi connectivity index (χ1) is 17.4. The van der Waals surface area contributed by atoms with Crippen LogP contribution in [0.1, 0.15) is 40.5 Å². The summed E-state index contributed by atoms with van der Waals surface area (Å²) in [7, 11) is 2.03. The van der Waals surface area contributed by atoms with E-state index in [4.69, 9.17) is 14.9 Å². The minimum atomic E-state index is -1.22. The largest absolute Gasteiger partial charge is 0.480 e. The number of hydrogen-bond acceptors (Lipinski definition) is 10. The second-order valence-corrected chi connectivity index (χ2v) is 11.0. The van der Waals surface area contributed by atoms with E-state index in [2.05, 4.69) is 32.6 Å². The molecule has 0 amide bonds. The van der Waals surface area contributed by atoms with Gasteiger partial charge in [-0.3, -0.25) is 43.6 Å². The van der Waals surface area contributed by atoms with Crippen molar-refractivity contribution in [2.75, 3.05) is 66.0 Å². The zero-order valence-corrected chi connectivity index (χ0v) is 22.9. The Balaban J connectivity index is 2.81. The number of likely N-dealkylation sites (tertiary alicyclic amines) is 1. The third-order valence-corrected chi connectivity index (χ3v) is 6.82. The van der Waals surface area contributed by atoms with Gasteiger partial charge in [0.05, 0.1) is 32.7 Å². The molecule has 1 aliphatic rings. The molecule has 4 N–H and O–H groups in total. The first-order valence-electron chi connectivity index (χ1n) is 12.4. The summed E-state index contributed by atoms with van der Waals surface area (Å²) in [5, 5.41) is 36.5. The number of carbonyl (C=O) groups is 5. The van der Waals surface area contributed by atoms with Crippen molar-refractivity contribution in [3.8, 4) is 0 Å². The van der Waals surface area contributed by atoms with Crippen molar-refractivity contribution < 1.29 is 49.1 Å². The average Bonchev–Trinajstić information content (AvgIpc) is 2.71. The number of aliphatic carboxylic acids is 4. The fourth-order valence-electron chi connectivity index (χ4n) is 4.80. The van der Waals surface area contributed by atoms with Crippen LogP contribution in [0.5, 0.6) is 0 Å². The summed E-state index contributed by atoms with van der Waals surface area (Å²) in [5.41, 5.74) is -0.417. The normalized spacial score (nSPS) is 17.6. The number of carboxylic acid groups (broad SMARTS) is 4. The highest BCUT2D eigenvalue weighted by molar-refractivity contribution is 5.74. The smallest absolute Gasteiger partial charge is 0.320 e. The third-order valence-electron chi connectivity index (χ3n) is 6.82. The number of hydrogen-bond donors (Lipinski definition) is 4. The Labute approximate surface area is 222 Å². The van der Waals surface area contributed by atoms with E-state index in [1.165, 1.54) is 9.80 Å². The molecule has 0 saturated carbocycles. The van der Waals surface area contributed by atoms with E-state index >= 15 is 0 Å². The van der Waals surface area contributed by atoms with Crippen LogP contribution in [0.2, 0.25) is 0 Å². The van der Waals surface area contributed by atoms with Crippen LogP contribution < -0.4 is 0 Å². The standard InChI is InChI=1S/C24H42N4O10/c1-23(2)10-17(11-24(3,4)25(23)5)38-22(37)16-28(15-21(35)36)9-7-26(12-18(29)30)6-8-27(13-19(31)32)14-20(33)34/h17H,6-16H2,1-5H3,(H,29,30)(H,31,32)(H,33,34)(H,35,36). The van der Waals surface area contributed by atoms with E-state index in [1.54, 1.807) is 0 Å². The Bertz CT molecular complexity index is 829. The van der Waals surface area contributed by atoms with Gasteiger partial charge in [-0.05, 0) is 34.7 Å². The summed E-state index contributed by atoms with van der Waals surface area (Å²) in [5.74, 6) is -5.36. The molecule has 0 aromatic heterocycles. The number of carbonyl (C=O) groups excluding carboxylic acids is 1. The minimum absolute atomic E-state index is 0.0247. The van der Waals surface area contributed by atoms with Crippen LogP contribution in [0, 0.1) is 0 Å². The van der Waals surface area contributed by atoms with Crippen molar-refractivity contribution in [3.63, 3.8) is 0 Å². The molecule has 38 heavy (non-hydrogen) atoms. The Morgan fingerprint density at radius 2 is 0.974 bits per heavy atom. The number of esters is 1. The molecule has 1 heterocycles. The molecule has 0 bridgehead atoms. The quantitative estimate of drug-likeness (QED) is 0.170. The predicted molar refractivity (Wildman–Crippen MR) is 135 cm³/mol. The molecule has 0 spiro atoms. The minimum Gasteiger partial charge on any atom is -0.480 e. The summed E-state index contributed by atoms with van der Waals surface area (Å²) in [6.07, 6.45) is 0.897. The summed E-state index contributed by atoms with van der Waals surface area (Å²) < 4.78 is 5.72. The van der Waals surface area contributed by atoms with Gasteiger partial charge in [0, 0.05) is 50.1 Å². The van der Waals surface area contributed by atoms with Crippen LogP contribution in [0.3, 0.4) is 0 Å². The van der Waals surface area contributed by atoms with Gasteiger partial charge in [0.15, 0.2) is 0 Å². The molecule has 1 aliphatic heterocycles. The second-order valence-electron chi connectivity index (χ2n) is 11.0. The fourth-order valence-corrected chi connectivity index (χ4v) is 4.80. The Hall–Kier alpha value is -2.81. The summed E-state index contributed by atoms with van der Waals surface area (Å²) in [4.78, 5) is 63.7. The van der Waals surface area contributed by atoms with E-state index < -0.39 is 56.0 Å². The third kappa shape index (κ3) is 12.2. The highest BCUT2D eigenvalue weighted by atomic mass is 16.5. The maximum absolute atomic E-state index is 12.8. The van der Waals surface area contributed by atoms with E-state index in [0.29, 0.717) is 12.8 Å².